The molecule has 2 heterocycles. The van der Waals surface area contributed by atoms with Crippen molar-refractivity contribution in [2.24, 2.45) is 0 Å². The lowest BCUT2D eigenvalue weighted by molar-refractivity contribution is 0.280. The van der Waals surface area contributed by atoms with E-state index in [-0.39, 0.29) is 0 Å². The fourth-order valence-electron chi connectivity index (χ4n) is 3.71. The zero-order chi connectivity index (χ0) is 15.4. The van der Waals surface area contributed by atoms with E-state index in [9.17, 15) is 0 Å². The molecule has 119 valence electrons. The topological polar surface area (TPSA) is 18.5 Å². The highest BCUT2D eigenvalue weighted by atomic mass is 28.4. The zero-order valence-corrected chi connectivity index (χ0v) is 15.7. The summed E-state index contributed by atoms with van der Waals surface area (Å²) in [5.41, 5.74) is 1.48. The molecule has 2 aliphatic heterocycles. The van der Waals surface area contributed by atoms with Gasteiger partial charge >= 0.3 is 0 Å². The van der Waals surface area contributed by atoms with Gasteiger partial charge in [-0.2, -0.15) is 0 Å². The molecule has 0 amide bonds. The van der Waals surface area contributed by atoms with E-state index in [0.29, 0.717) is 0 Å². The van der Waals surface area contributed by atoms with Crippen LogP contribution in [0.4, 0.5) is 0 Å². The van der Waals surface area contributed by atoms with Crippen LogP contribution in [0.1, 0.15) is 38.2 Å². The normalized spacial score (nSPS) is 26.8. The van der Waals surface area contributed by atoms with Gasteiger partial charge in [-0.25, -0.2) is 0 Å². The molecule has 3 rings (SSSR count). The van der Waals surface area contributed by atoms with Crippen LogP contribution >= 0.6 is 0 Å². The maximum absolute atomic E-state index is 6.45. The van der Waals surface area contributed by atoms with Crippen LogP contribution in [0.15, 0.2) is 36.0 Å². The summed E-state index contributed by atoms with van der Waals surface area (Å²) in [5.74, 6) is 0. The quantitative estimate of drug-likeness (QED) is 0.784. The Labute approximate surface area is 137 Å². The van der Waals surface area contributed by atoms with E-state index in [0.717, 1.165) is 19.3 Å². The van der Waals surface area contributed by atoms with Crippen molar-refractivity contribution in [1.29, 1.82) is 0 Å². The third kappa shape index (κ3) is 3.30. The van der Waals surface area contributed by atoms with Crippen molar-refractivity contribution in [3.8, 4) is 0 Å². The molecule has 0 bridgehead atoms. The predicted molar refractivity (Wildman–Crippen MR) is 96.1 cm³/mol. The average molecular weight is 332 g/mol. The van der Waals surface area contributed by atoms with Gasteiger partial charge in [0, 0.05) is 13.2 Å². The maximum Gasteiger partial charge on any atom is 0.251 e. The van der Waals surface area contributed by atoms with Gasteiger partial charge < -0.3 is 8.85 Å². The minimum absolute atomic E-state index is 0.675. The number of benzene rings is 1. The highest BCUT2D eigenvalue weighted by Crippen LogP contribution is 2.29. The maximum atomic E-state index is 6.45. The minimum atomic E-state index is -2.00. The first-order valence-electron chi connectivity index (χ1n) is 8.58. The van der Waals surface area contributed by atoms with Crippen LogP contribution in [0.3, 0.4) is 0 Å². The van der Waals surface area contributed by atoms with Crippen molar-refractivity contribution in [3.63, 3.8) is 0 Å². The second-order valence-electron chi connectivity index (χ2n) is 6.59. The molecule has 1 radical (unpaired) electrons. The molecule has 0 aliphatic carbocycles. The molecule has 0 saturated carbocycles. The van der Waals surface area contributed by atoms with Crippen molar-refractivity contribution in [1.82, 2.24) is 0 Å². The molecule has 1 aromatic rings. The molecule has 0 N–H and O–H groups in total. The Balaban J connectivity index is 1.90. The van der Waals surface area contributed by atoms with Crippen LogP contribution in [-0.4, -0.2) is 30.6 Å². The summed E-state index contributed by atoms with van der Waals surface area (Å²) in [7, 11) is -2.67. The molecular weight excluding hydrogens is 304 g/mol. The molecule has 1 atom stereocenters. The van der Waals surface area contributed by atoms with Gasteiger partial charge in [0.1, 0.15) is 0 Å². The van der Waals surface area contributed by atoms with Crippen molar-refractivity contribution < 1.29 is 8.85 Å². The molecule has 0 spiro atoms. The van der Waals surface area contributed by atoms with Crippen molar-refractivity contribution >= 4 is 22.5 Å². The van der Waals surface area contributed by atoms with Gasteiger partial charge in [0.15, 0.2) is 0 Å². The van der Waals surface area contributed by atoms with E-state index >= 15 is 0 Å². The highest BCUT2D eigenvalue weighted by molar-refractivity contribution is 6.93. The fraction of sp³-hybridized carbons (Fsp3) is 0.556. The van der Waals surface area contributed by atoms with E-state index in [1.807, 2.05) is 0 Å². The SMILES string of the molecule is C=C(C)[Si]1(c2ccccc2C[Si]2CCCCO2)CCCCO1. The van der Waals surface area contributed by atoms with Crippen LogP contribution in [0, 0.1) is 0 Å². The first-order valence-corrected chi connectivity index (χ1v) is 12.5. The lowest BCUT2D eigenvalue weighted by Crippen LogP contribution is -2.55. The first-order chi connectivity index (χ1) is 10.7. The van der Waals surface area contributed by atoms with Gasteiger partial charge in [0.05, 0.1) is 0 Å². The van der Waals surface area contributed by atoms with Crippen molar-refractivity contribution in [2.45, 2.75) is 50.7 Å². The van der Waals surface area contributed by atoms with Crippen LogP contribution in [0.25, 0.3) is 0 Å². The lowest BCUT2D eigenvalue weighted by atomic mass is 10.2. The van der Waals surface area contributed by atoms with Gasteiger partial charge in [-0.15, -0.1) is 6.58 Å². The Morgan fingerprint density at radius 1 is 1.18 bits per heavy atom. The van der Waals surface area contributed by atoms with Gasteiger partial charge in [0.2, 0.25) is 9.04 Å². The molecule has 22 heavy (non-hydrogen) atoms. The van der Waals surface area contributed by atoms with E-state index in [2.05, 4.69) is 37.8 Å². The lowest BCUT2D eigenvalue weighted by Gasteiger charge is -2.37. The Kier molecular flexibility index (Phi) is 5.34. The third-order valence-corrected chi connectivity index (χ3v) is 11.7. The van der Waals surface area contributed by atoms with Crippen LogP contribution in [-0.2, 0) is 14.9 Å². The Hall–Kier alpha value is -0.686. The summed E-state index contributed by atoms with van der Waals surface area (Å²) in [6.07, 6.45) is 5.06. The average Bonchev–Trinajstić information content (AvgIpc) is 2.57. The zero-order valence-electron chi connectivity index (χ0n) is 13.7. The largest absolute Gasteiger partial charge is 0.416 e. The predicted octanol–water partition coefficient (Wildman–Crippen LogP) is 3.65. The molecule has 2 aliphatic rings. The molecule has 2 nitrogen and oxygen atoms in total. The monoisotopic (exact) mass is 331 g/mol. The van der Waals surface area contributed by atoms with E-state index in [1.165, 1.54) is 53.7 Å². The molecular formula is C18H27O2Si2. The van der Waals surface area contributed by atoms with E-state index in [4.69, 9.17) is 8.85 Å². The molecule has 4 heteroatoms. The summed E-state index contributed by atoms with van der Waals surface area (Å²) >= 11 is 0. The third-order valence-electron chi connectivity index (χ3n) is 4.96. The van der Waals surface area contributed by atoms with Gasteiger partial charge in [0.25, 0.3) is 8.32 Å². The smallest absolute Gasteiger partial charge is 0.251 e. The van der Waals surface area contributed by atoms with Crippen molar-refractivity contribution in [3.05, 3.63) is 41.6 Å². The Bertz CT molecular complexity index is 518. The van der Waals surface area contributed by atoms with Crippen molar-refractivity contribution in [2.75, 3.05) is 13.2 Å². The Morgan fingerprint density at radius 2 is 2.00 bits per heavy atom. The second-order valence-corrected chi connectivity index (χ2v) is 12.6. The molecule has 1 aromatic carbocycles. The van der Waals surface area contributed by atoms with Gasteiger partial charge in [-0.05, 0) is 48.6 Å². The van der Waals surface area contributed by atoms with Crippen LogP contribution < -0.4 is 5.19 Å². The summed E-state index contributed by atoms with van der Waals surface area (Å²) in [6, 6.07) is 12.6. The standard InChI is InChI=1S/C18H27O2Si2/c1-16(2)22(14-8-6-12-20-22)18-10-4-3-9-17(18)15-21-13-7-5-11-19-21/h3-4,9-10H,1,5-8,11-15H2,2H3. The molecule has 2 fully saturated rings. The molecule has 1 unspecified atom stereocenters. The second kappa shape index (κ2) is 7.26. The van der Waals surface area contributed by atoms with Crippen LogP contribution in [0.2, 0.25) is 12.1 Å². The number of rotatable bonds is 4. The van der Waals surface area contributed by atoms with E-state index in [1.54, 1.807) is 0 Å². The first kappa shape index (κ1) is 16.2. The van der Waals surface area contributed by atoms with E-state index < -0.39 is 17.4 Å². The molecule has 0 aromatic heterocycles. The fourth-order valence-corrected chi connectivity index (χ4v) is 10.1. The summed E-state index contributed by atoms with van der Waals surface area (Å²) in [5, 5.41) is 2.76. The number of hydrogen-bond donors (Lipinski definition) is 0. The minimum Gasteiger partial charge on any atom is -0.416 e. The molecule has 2 saturated heterocycles. The van der Waals surface area contributed by atoms with Gasteiger partial charge in [-0.1, -0.05) is 42.3 Å². The summed E-state index contributed by atoms with van der Waals surface area (Å²) in [6.45, 7) is 8.38. The number of hydrogen-bond acceptors (Lipinski definition) is 2. The number of allylic oxidation sites excluding steroid dienone is 1. The van der Waals surface area contributed by atoms with Crippen LogP contribution in [0.5, 0.6) is 0 Å². The summed E-state index contributed by atoms with van der Waals surface area (Å²) < 4.78 is 12.5. The Morgan fingerprint density at radius 3 is 2.68 bits per heavy atom. The highest BCUT2D eigenvalue weighted by Gasteiger charge is 2.41. The van der Waals surface area contributed by atoms with Gasteiger partial charge in [-0.3, -0.25) is 0 Å². The summed E-state index contributed by atoms with van der Waals surface area (Å²) in [4.78, 5) is 0.